The van der Waals surface area contributed by atoms with Gasteiger partial charge in [-0.25, -0.2) is 0 Å². The highest BCUT2D eigenvalue weighted by Gasteiger charge is 2.29. The van der Waals surface area contributed by atoms with Crippen molar-refractivity contribution in [3.05, 3.63) is 34.9 Å². The van der Waals surface area contributed by atoms with Gasteiger partial charge in [0.1, 0.15) is 0 Å². The van der Waals surface area contributed by atoms with Crippen LogP contribution in [0.5, 0.6) is 0 Å². The summed E-state index contributed by atoms with van der Waals surface area (Å²) >= 11 is 5.89. The van der Waals surface area contributed by atoms with E-state index >= 15 is 0 Å². The van der Waals surface area contributed by atoms with Crippen molar-refractivity contribution in [2.24, 2.45) is 5.92 Å². The smallest absolute Gasteiger partial charge is 0.230 e. The van der Waals surface area contributed by atoms with Gasteiger partial charge in [0.15, 0.2) is 0 Å². The second-order valence-electron chi connectivity index (χ2n) is 6.01. The Hall–Kier alpha value is -1.06. The van der Waals surface area contributed by atoms with Crippen LogP contribution in [0.2, 0.25) is 5.02 Å². The Balaban J connectivity index is 2.66. The van der Waals surface area contributed by atoms with E-state index < -0.39 is 5.41 Å². The molecule has 0 aromatic heterocycles. The summed E-state index contributed by atoms with van der Waals surface area (Å²) in [5.74, 6) is 0.342. The Kier molecular flexibility index (Phi) is 7.20. The molecule has 0 radical (unpaired) electrons. The third kappa shape index (κ3) is 5.33. The summed E-state index contributed by atoms with van der Waals surface area (Å²) in [6.07, 6.45) is 2.80. The first-order valence-corrected chi connectivity index (χ1v) is 7.94. The van der Waals surface area contributed by atoms with Crippen LogP contribution in [-0.4, -0.2) is 24.2 Å². The largest absolute Gasteiger partial charge is 0.396 e. The number of carbonyl (C=O) groups is 1. The number of halogens is 1. The SMILES string of the molecule is CCCC(CCO)CNC(=O)C(C)(C)c1ccc(Cl)cc1. The van der Waals surface area contributed by atoms with E-state index in [1.807, 2.05) is 26.0 Å². The number of rotatable bonds is 8. The van der Waals surface area contributed by atoms with E-state index in [1.54, 1.807) is 12.1 Å². The third-order valence-electron chi connectivity index (χ3n) is 3.92. The number of aliphatic hydroxyl groups is 1. The highest BCUT2D eigenvalue weighted by atomic mass is 35.5. The van der Waals surface area contributed by atoms with Crippen molar-refractivity contribution in [2.45, 2.75) is 45.4 Å². The van der Waals surface area contributed by atoms with Crippen molar-refractivity contribution in [3.8, 4) is 0 Å². The van der Waals surface area contributed by atoms with Crippen molar-refractivity contribution in [1.29, 1.82) is 0 Å². The van der Waals surface area contributed by atoms with Crippen LogP contribution in [0, 0.1) is 5.92 Å². The van der Waals surface area contributed by atoms with Gasteiger partial charge in [-0.15, -0.1) is 0 Å². The topological polar surface area (TPSA) is 49.3 Å². The van der Waals surface area contributed by atoms with Gasteiger partial charge in [-0.05, 0) is 50.3 Å². The molecular formula is C17H26ClNO2. The summed E-state index contributed by atoms with van der Waals surface area (Å²) in [6.45, 7) is 6.72. The second kappa shape index (κ2) is 8.40. The monoisotopic (exact) mass is 311 g/mol. The lowest BCUT2D eigenvalue weighted by Crippen LogP contribution is -2.42. The number of hydrogen-bond acceptors (Lipinski definition) is 2. The summed E-state index contributed by atoms with van der Waals surface area (Å²) in [7, 11) is 0. The average Bonchev–Trinajstić information content (AvgIpc) is 2.45. The van der Waals surface area contributed by atoms with E-state index in [-0.39, 0.29) is 12.5 Å². The van der Waals surface area contributed by atoms with Gasteiger partial charge in [-0.3, -0.25) is 4.79 Å². The minimum absolute atomic E-state index is 0.00358. The molecule has 21 heavy (non-hydrogen) atoms. The lowest BCUT2D eigenvalue weighted by molar-refractivity contribution is -0.125. The lowest BCUT2D eigenvalue weighted by atomic mass is 9.83. The molecule has 1 aromatic carbocycles. The Morgan fingerprint density at radius 3 is 2.43 bits per heavy atom. The molecule has 3 nitrogen and oxygen atoms in total. The van der Waals surface area contributed by atoms with Crippen molar-refractivity contribution in [2.75, 3.05) is 13.2 Å². The van der Waals surface area contributed by atoms with Crippen molar-refractivity contribution < 1.29 is 9.90 Å². The summed E-state index contributed by atoms with van der Waals surface area (Å²) in [6, 6.07) is 7.38. The zero-order chi connectivity index (χ0) is 15.9. The summed E-state index contributed by atoms with van der Waals surface area (Å²) in [5, 5.41) is 12.8. The standard InChI is InChI=1S/C17H26ClNO2/c1-4-5-13(10-11-20)12-19-16(21)17(2,3)14-6-8-15(18)9-7-14/h6-9,13,20H,4-5,10-12H2,1-3H3,(H,19,21). The minimum atomic E-state index is -0.597. The van der Waals surface area contributed by atoms with Gasteiger partial charge >= 0.3 is 0 Å². The molecule has 0 fully saturated rings. The fraction of sp³-hybridized carbons (Fsp3) is 0.588. The zero-order valence-electron chi connectivity index (χ0n) is 13.2. The van der Waals surface area contributed by atoms with Gasteiger partial charge in [0.2, 0.25) is 5.91 Å². The average molecular weight is 312 g/mol. The number of amides is 1. The van der Waals surface area contributed by atoms with Crippen LogP contribution in [0.1, 0.15) is 45.6 Å². The Morgan fingerprint density at radius 2 is 1.90 bits per heavy atom. The van der Waals surface area contributed by atoms with Gasteiger partial charge in [0, 0.05) is 18.2 Å². The molecule has 4 heteroatoms. The van der Waals surface area contributed by atoms with Crippen LogP contribution in [0.25, 0.3) is 0 Å². The Labute approximate surface area is 132 Å². The van der Waals surface area contributed by atoms with Crippen LogP contribution in [-0.2, 0) is 10.2 Å². The summed E-state index contributed by atoms with van der Waals surface area (Å²) in [4.78, 5) is 12.5. The summed E-state index contributed by atoms with van der Waals surface area (Å²) in [5.41, 5.74) is 0.346. The number of nitrogens with one attached hydrogen (secondary N) is 1. The van der Waals surface area contributed by atoms with Crippen molar-refractivity contribution >= 4 is 17.5 Å². The molecule has 0 aliphatic heterocycles. The molecule has 0 saturated heterocycles. The van der Waals surface area contributed by atoms with Gasteiger partial charge in [0.05, 0.1) is 5.41 Å². The lowest BCUT2D eigenvalue weighted by Gasteiger charge is -2.26. The molecule has 0 saturated carbocycles. The molecule has 0 aliphatic carbocycles. The Bertz CT molecular complexity index is 437. The first-order valence-electron chi connectivity index (χ1n) is 7.57. The third-order valence-corrected chi connectivity index (χ3v) is 4.17. The molecular weight excluding hydrogens is 286 g/mol. The molecule has 2 N–H and O–H groups in total. The van der Waals surface area contributed by atoms with Crippen molar-refractivity contribution in [3.63, 3.8) is 0 Å². The number of aliphatic hydroxyl groups excluding tert-OH is 1. The normalized spacial score (nSPS) is 13.0. The van der Waals surface area contributed by atoms with E-state index in [0.29, 0.717) is 17.5 Å². The van der Waals surface area contributed by atoms with E-state index in [9.17, 15) is 4.79 Å². The van der Waals surface area contributed by atoms with Crippen molar-refractivity contribution in [1.82, 2.24) is 5.32 Å². The molecule has 1 amide bonds. The minimum Gasteiger partial charge on any atom is -0.396 e. The molecule has 1 rings (SSSR count). The second-order valence-corrected chi connectivity index (χ2v) is 6.45. The highest BCUT2D eigenvalue weighted by molar-refractivity contribution is 6.30. The summed E-state index contributed by atoms with van der Waals surface area (Å²) < 4.78 is 0. The van der Waals surface area contributed by atoms with Gasteiger partial charge in [-0.2, -0.15) is 0 Å². The van der Waals surface area contributed by atoms with Crippen LogP contribution >= 0.6 is 11.6 Å². The predicted octanol–water partition coefficient (Wildman–Crippen LogP) is 3.53. The van der Waals surface area contributed by atoms with E-state index in [1.165, 1.54) is 0 Å². The van der Waals surface area contributed by atoms with Crippen LogP contribution < -0.4 is 5.32 Å². The maximum Gasteiger partial charge on any atom is 0.230 e. The Morgan fingerprint density at radius 1 is 1.29 bits per heavy atom. The molecule has 1 aromatic rings. The molecule has 0 aliphatic rings. The number of hydrogen-bond donors (Lipinski definition) is 2. The zero-order valence-corrected chi connectivity index (χ0v) is 13.9. The highest BCUT2D eigenvalue weighted by Crippen LogP contribution is 2.25. The fourth-order valence-corrected chi connectivity index (χ4v) is 2.52. The van der Waals surface area contributed by atoms with Crippen LogP contribution in [0.3, 0.4) is 0 Å². The van der Waals surface area contributed by atoms with E-state index in [4.69, 9.17) is 16.7 Å². The van der Waals surface area contributed by atoms with Crippen LogP contribution in [0.4, 0.5) is 0 Å². The van der Waals surface area contributed by atoms with E-state index in [0.717, 1.165) is 24.8 Å². The number of carbonyl (C=O) groups excluding carboxylic acids is 1. The van der Waals surface area contributed by atoms with Crippen LogP contribution in [0.15, 0.2) is 24.3 Å². The van der Waals surface area contributed by atoms with Gasteiger partial charge < -0.3 is 10.4 Å². The van der Waals surface area contributed by atoms with Gasteiger partial charge in [-0.1, -0.05) is 37.1 Å². The molecule has 1 unspecified atom stereocenters. The maximum atomic E-state index is 12.5. The fourth-order valence-electron chi connectivity index (χ4n) is 2.39. The predicted molar refractivity (Wildman–Crippen MR) is 87.6 cm³/mol. The first-order chi connectivity index (χ1) is 9.91. The number of benzene rings is 1. The van der Waals surface area contributed by atoms with Gasteiger partial charge in [0.25, 0.3) is 0 Å². The maximum absolute atomic E-state index is 12.5. The van der Waals surface area contributed by atoms with E-state index in [2.05, 4.69) is 12.2 Å². The quantitative estimate of drug-likeness (QED) is 0.771. The molecule has 118 valence electrons. The molecule has 1 atom stereocenters. The first kappa shape index (κ1) is 18.0. The molecule has 0 heterocycles. The molecule has 0 spiro atoms. The molecule has 0 bridgehead atoms.